The summed E-state index contributed by atoms with van der Waals surface area (Å²) in [4.78, 5) is 12.3. The van der Waals surface area contributed by atoms with Crippen molar-refractivity contribution in [3.05, 3.63) is 92.1 Å². The zero-order valence-electron chi connectivity index (χ0n) is 26.3. The first kappa shape index (κ1) is 35.6. The van der Waals surface area contributed by atoms with Crippen LogP contribution in [-0.4, -0.2) is 33.6 Å². The summed E-state index contributed by atoms with van der Waals surface area (Å²) in [6.07, 6.45) is 13.0. The third-order valence-corrected chi connectivity index (χ3v) is 7.76. The van der Waals surface area contributed by atoms with Crippen molar-refractivity contribution in [1.29, 1.82) is 0 Å². The highest BCUT2D eigenvalue weighted by atomic mass is 16.4. The van der Waals surface area contributed by atoms with E-state index in [-0.39, 0.29) is 17.5 Å². The molecule has 1 rings (SSSR count). The van der Waals surface area contributed by atoms with E-state index in [1.165, 1.54) is 11.1 Å². The first-order valence-electron chi connectivity index (χ1n) is 14.8. The fourth-order valence-corrected chi connectivity index (χ4v) is 4.70. The van der Waals surface area contributed by atoms with Crippen molar-refractivity contribution in [1.82, 2.24) is 0 Å². The maximum Gasteiger partial charge on any atom is 0.339 e. The molecule has 0 aromatic carbocycles. The summed E-state index contributed by atoms with van der Waals surface area (Å²) in [5, 5.41) is 31.7. The smallest absolute Gasteiger partial charge is 0.339 e. The molecule has 0 aliphatic heterocycles. The van der Waals surface area contributed by atoms with Gasteiger partial charge in [-0.05, 0) is 96.9 Å². The lowest BCUT2D eigenvalue weighted by molar-refractivity contribution is 0.0415. The molecule has 0 fully saturated rings. The molecule has 0 aliphatic carbocycles. The predicted molar refractivity (Wildman–Crippen MR) is 167 cm³/mol. The predicted octanol–water partition coefficient (Wildman–Crippen LogP) is 7.73. The topological polar surface area (TPSA) is 90.9 Å². The van der Waals surface area contributed by atoms with Gasteiger partial charge in [0.2, 0.25) is 0 Å². The van der Waals surface area contributed by atoms with E-state index in [0.717, 1.165) is 42.4 Å². The van der Waals surface area contributed by atoms with Gasteiger partial charge in [-0.15, -0.1) is 0 Å². The molecule has 1 heterocycles. The Bertz CT molecular complexity index is 1130. The second kappa shape index (κ2) is 18.1. The number of hydrogen-bond donors (Lipinski definition) is 3. The number of aryl methyl sites for hydroxylation is 1. The summed E-state index contributed by atoms with van der Waals surface area (Å²) in [5.41, 5.74) is 5.66. The van der Waals surface area contributed by atoms with Crippen molar-refractivity contribution in [3.63, 3.8) is 0 Å². The van der Waals surface area contributed by atoms with E-state index in [1.54, 1.807) is 0 Å². The standard InChI is InChI=1S/C35H54O5/c1-10-12-16-30-18-20-32(40-35(30)39)29(9)34(38)27(7)15-13-14-23(3)21-25(5)22-24(4)17-19-31(36)28(8)33(37)26(6)11-2/h11,14-15,17-18,20,22,28-29,31,33-34,36-38H,10,12-13,16,19,21H2,1-9H3/b23-14+,24-17+,25-22+,26-11+,27-15+/t28-,29+,31-,33-,34-/m1/s1. The van der Waals surface area contributed by atoms with Crippen molar-refractivity contribution >= 4 is 0 Å². The van der Waals surface area contributed by atoms with Crippen LogP contribution in [0.4, 0.5) is 0 Å². The van der Waals surface area contributed by atoms with Crippen molar-refractivity contribution in [3.8, 4) is 0 Å². The second-order valence-corrected chi connectivity index (χ2v) is 11.5. The summed E-state index contributed by atoms with van der Waals surface area (Å²) in [7, 11) is 0. The Morgan fingerprint density at radius 2 is 1.60 bits per heavy atom. The van der Waals surface area contributed by atoms with Crippen molar-refractivity contribution in [2.45, 2.75) is 125 Å². The summed E-state index contributed by atoms with van der Waals surface area (Å²) in [6, 6.07) is 3.65. The molecule has 224 valence electrons. The number of aliphatic hydroxyl groups excluding tert-OH is 3. The lowest BCUT2D eigenvalue weighted by atomic mass is 9.91. The Morgan fingerprint density at radius 3 is 2.20 bits per heavy atom. The molecule has 0 radical (unpaired) electrons. The van der Waals surface area contributed by atoms with E-state index in [1.807, 2.05) is 71.9 Å². The SMILES string of the molecule is C/C=C(\C)[C@@H](O)[C@H](C)[C@H](O)C/C=C(C)/C=C(\C)C/C(C)=C/C/C=C(\C)[C@@H](O)[C@@H](C)c1ccc(CCCC)c(=O)o1. The fourth-order valence-electron chi connectivity index (χ4n) is 4.70. The molecule has 0 saturated carbocycles. The van der Waals surface area contributed by atoms with Crippen LogP contribution in [-0.2, 0) is 6.42 Å². The lowest BCUT2D eigenvalue weighted by Crippen LogP contribution is -2.29. The van der Waals surface area contributed by atoms with Gasteiger partial charge in [-0.25, -0.2) is 4.79 Å². The number of unbranched alkanes of at least 4 members (excludes halogenated alkanes) is 1. The molecule has 40 heavy (non-hydrogen) atoms. The van der Waals surface area contributed by atoms with Gasteiger partial charge in [0, 0.05) is 17.4 Å². The van der Waals surface area contributed by atoms with E-state index in [9.17, 15) is 20.1 Å². The Hall–Kier alpha value is -2.47. The van der Waals surface area contributed by atoms with E-state index >= 15 is 0 Å². The van der Waals surface area contributed by atoms with Gasteiger partial charge in [-0.1, -0.05) is 74.3 Å². The number of hydrogen-bond acceptors (Lipinski definition) is 5. The maximum atomic E-state index is 12.3. The Morgan fingerprint density at radius 1 is 0.925 bits per heavy atom. The number of allylic oxidation sites excluding steroid dienone is 7. The molecule has 0 aliphatic rings. The zero-order valence-corrected chi connectivity index (χ0v) is 26.3. The maximum absolute atomic E-state index is 12.3. The normalized spacial score (nSPS) is 17.9. The molecule has 1 aromatic rings. The molecule has 5 atom stereocenters. The second-order valence-electron chi connectivity index (χ2n) is 11.5. The Kier molecular flexibility index (Phi) is 16.1. The molecule has 5 nitrogen and oxygen atoms in total. The van der Waals surface area contributed by atoms with Gasteiger partial charge in [0.15, 0.2) is 0 Å². The molecule has 0 spiro atoms. The minimum absolute atomic E-state index is 0.233. The van der Waals surface area contributed by atoms with Crippen LogP contribution in [0.25, 0.3) is 0 Å². The van der Waals surface area contributed by atoms with Crippen molar-refractivity contribution in [2.75, 3.05) is 0 Å². The van der Waals surface area contributed by atoms with Gasteiger partial charge >= 0.3 is 5.63 Å². The van der Waals surface area contributed by atoms with Gasteiger partial charge < -0.3 is 19.7 Å². The van der Waals surface area contributed by atoms with Crippen LogP contribution >= 0.6 is 0 Å². The van der Waals surface area contributed by atoms with E-state index in [2.05, 4.69) is 32.9 Å². The minimum Gasteiger partial charge on any atom is -0.427 e. The molecular formula is C35H54O5. The zero-order chi connectivity index (χ0) is 30.4. The van der Waals surface area contributed by atoms with Crippen LogP contribution in [0.5, 0.6) is 0 Å². The summed E-state index contributed by atoms with van der Waals surface area (Å²) in [6.45, 7) is 17.8. The Balaban J connectivity index is 2.70. The summed E-state index contributed by atoms with van der Waals surface area (Å²) < 4.78 is 5.53. The van der Waals surface area contributed by atoms with E-state index in [4.69, 9.17) is 4.42 Å². The quantitative estimate of drug-likeness (QED) is 0.144. The number of aliphatic hydroxyl groups is 3. The third-order valence-electron chi connectivity index (χ3n) is 7.76. The van der Waals surface area contributed by atoms with Gasteiger partial charge in [0.1, 0.15) is 5.76 Å². The third kappa shape index (κ3) is 12.0. The van der Waals surface area contributed by atoms with Gasteiger partial charge in [0.05, 0.1) is 18.3 Å². The molecule has 0 unspecified atom stereocenters. The van der Waals surface area contributed by atoms with Crippen LogP contribution in [0.2, 0.25) is 0 Å². The van der Waals surface area contributed by atoms with Crippen LogP contribution in [0.15, 0.2) is 79.6 Å². The molecule has 0 bridgehead atoms. The Labute approximate surface area is 242 Å². The van der Waals surface area contributed by atoms with Crippen LogP contribution in [0.1, 0.15) is 112 Å². The molecule has 5 heteroatoms. The highest BCUT2D eigenvalue weighted by Gasteiger charge is 2.23. The lowest BCUT2D eigenvalue weighted by Gasteiger charge is -2.24. The molecule has 0 saturated heterocycles. The largest absolute Gasteiger partial charge is 0.427 e. The summed E-state index contributed by atoms with van der Waals surface area (Å²) in [5.74, 6) is -0.0401. The average Bonchev–Trinajstić information content (AvgIpc) is 2.92. The van der Waals surface area contributed by atoms with E-state index < -0.39 is 18.3 Å². The highest BCUT2D eigenvalue weighted by Crippen LogP contribution is 2.24. The van der Waals surface area contributed by atoms with Crippen LogP contribution in [0.3, 0.4) is 0 Å². The first-order chi connectivity index (χ1) is 18.8. The van der Waals surface area contributed by atoms with Gasteiger partial charge in [0.25, 0.3) is 0 Å². The highest BCUT2D eigenvalue weighted by molar-refractivity contribution is 5.25. The van der Waals surface area contributed by atoms with Gasteiger partial charge in [-0.2, -0.15) is 0 Å². The molecule has 1 aromatic heterocycles. The van der Waals surface area contributed by atoms with Crippen molar-refractivity contribution < 1.29 is 19.7 Å². The average molecular weight is 555 g/mol. The fraction of sp³-hybridized carbons (Fsp3) is 0.571. The van der Waals surface area contributed by atoms with Crippen LogP contribution in [0, 0.1) is 5.92 Å². The first-order valence-corrected chi connectivity index (χ1v) is 14.8. The molecule has 3 N–H and O–H groups in total. The summed E-state index contributed by atoms with van der Waals surface area (Å²) >= 11 is 0. The van der Waals surface area contributed by atoms with Crippen LogP contribution < -0.4 is 5.63 Å². The van der Waals surface area contributed by atoms with E-state index in [0.29, 0.717) is 24.2 Å². The monoisotopic (exact) mass is 554 g/mol. The molecular weight excluding hydrogens is 500 g/mol. The van der Waals surface area contributed by atoms with Crippen molar-refractivity contribution in [2.24, 2.45) is 5.92 Å². The number of rotatable bonds is 16. The molecule has 0 amide bonds. The van der Waals surface area contributed by atoms with Gasteiger partial charge in [-0.3, -0.25) is 0 Å². The minimum atomic E-state index is -0.728.